The first-order valence-electron chi connectivity index (χ1n) is 6.45. The van der Waals surface area contributed by atoms with Gasteiger partial charge in [-0.25, -0.2) is 0 Å². The van der Waals surface area contributed by atoms with E-state index in [0.29, 0.717) is 12.1 Å². The second kappa shape index (κ2) is 7.25. The van der Waals surface area contributed by atoms with Crippen molar-refractivity contribution in [2.45, 2.75) is 64.6 Å². The lowest BCUT2D eigenvalue weighted by Crippen LogP contribution is -2.50. The highest BCUT2D eigenvalue weighted by Gasteiger charge is 2.27. The fraction of sp³-hybridized carbons (Fsp3) is 1.00. The van der Waals surface area contributed by atoms with E-state index in [1.165, 1.54) is 12.8 Å². The zero-order chi connectivity index (χ0) is 12.8. The van der Waals surface area contributed by atoms with Crippen molar-refractivity contribution >= 4 is 0 Å². The van der Waals surface area contributed by atoms with Crippen molar-refractivity contribution in [1.29, 1.82) is 0 Å². The summed E-state index contributed by atoms with van der Waals surface area (Å²) in [6.07, 6.45) is 3.34. The molecule has 0 spiro atoms. The molecule has 0 radical (unpaired) electrons. The number of hydrogen-bond donors (Lipinski definition) is 2. The Hall–Kier alpha value is -0.120. The van der Waals surface area contributed by atoms with Crippen LogP contribution in [0.5, 0.6) is 0 Å². The molecular formula is C13H30N2O. The third kappa shape index (κ3) is 4.40. The summed E-state index contributed by atoms with van der Waals surface area (Å²) in [7, 11) is 4.11. The predicted molar refractivity (Wildman–Crippen MR) is 70.8 cm³/mol. The molecule has 0 amide bonds. The second-order valence-electron chi connectivity index (χ2n) is 5.16. The van der Waals surface area contributed by atoms with Crippen LogP contribution in [-0.4, -0.2) is 48.3 Å². The quantitative estimate of drug-likeness (QED) is 0.668. The van der Waals surface area contributed by atoms with Crippen LogP contribution in [0.4, 0.5) is 0 Å². The van der Waals surface area contributed by atoms with E-state index in [1.807, 2.05) is 7.05 Å². The predicted octanol–water partition coefficient (Wildman–Crippen LogP) is 1.86. The highest BCUT2D eigenvalue weighted by Crippen LogP contribution is 2.18. The lowest BCUT2D eigenvalue weighted by molar-refractivity contribution is 0.107. The molecule has 0 aromatic rings. The Balaban J connectivity index is 4.38. The Morgan fingerprint density at radius 3 is 2.12 bits per heavy atom. The summed E-state index contributed by atoms with van der Waals surface area (Å²) in [5, 5.41) is 12.6. The van der Waals surface area contributed by atoms with Gasteiger partial charge in [-0.05, 0) is 47.2 Å². The molecule has 0 aliphatic rings. The van der Waals surface area contributed by atoms with Crippen LogP contribution in [0.25, 0.3) is 0 Å². The van der Waals surface area contributed by atoms with E-state index in [4.69, 9.17) is 0 Å². The zero-order valence-electron chi connectivity index (χ0n) is 11.9. The van der Waals surface area contributed by atoms with Crippen LogP contribution in [-0.2, 0) is 0 Å². The Labute approximate surface area is 101 Å². The molecule has 0 bridgehead atoms. The molecule has 2 unspecified atom stereocenters. The molecule has 0 saturated carbocycles. The largest absolute Gasteiger partial charge is 0.394 e. The van der Waals surface area contributed by atoms with Gasteiger partial charge in [0.15, 0.2) is 0 Å². The van der Waals surface area contributed by atoms with Gasteiger partial charge in [0, 0.05) is 17.6 Å². The van der Waals surface area contributed by atoms with Gasteiger partial charge in [-0.2, -0.15) is 0 Å². The van der Waals surface area contributed by atoms with Gasteiger partial charge in [0.1, 0.15) is 0 Å². The minimum Gasteiger partial charge on any atom is -0.394 e. The highest BCUT2D eigenvalue weighted by atomic mass is 16.3. The van der Waals surface area contributed by atoms with Gasteiger partial charge in [-0.15, -0.1) is 0 Å². The molecule has 0 heterocycles. The van der Waals surface area contributed by atoms with Gasteiger partial charge in [-0.3, -0.25) is 0 Å². The van der Waals surface area contributed by atoms with Crippen LogP contribution < -0.4 is 5.32 Å². The third-order valence-electron chi connectivity index (χ3n) is 3.91. The lowest BCUT2D eigenvalue weighted by atomic mass is 9.93. The van der Waals surface area contributed by atoms with Crippen LogP contribution in [0.2, 0.25) is 0 Å². The molecule has 3 nitrogen and oxygen atoms in total. The molecule has 0 rings (SSSR count). The number of nitrogens with one attached hydrogen (secondary N) is 1. The fourth-order valence-corrected chi connectivity index (χ4v) is 2.27. The molecule has 0 aromatic heterocycles. The average Bonchev–Trinajstić information content (AvgIpc) is 2.30. The van der Waals surface area contributed by atoms with Crippen LogP contribution >= 0.6 is 0 Å². The first-order chi connectivity index (χ1) is 7.44. The van der Waals surface area contributed by atoms with Crippen LogP contribution in [0.3, 0.4) is 0 Å². The normalized spacial score (nSPS) is 17.8. The summed E-state index contributed by atoms with van der Waals surface area (Å²) in [5.74, 6) is 0. The maximum atomic E-state index is 9.39. The smallest absolute Gasteiger partial charge is 0.0611 e. The first kappa shape index (κ1) is 15.9. The van der Waals surface area contributed by atoms with Gasteiger partial charge in [0.25, 0.3) is 0 Å². The van der Waals surface area contributed by atoms with Gasteiger partial charge in [0.05, 0.1) is 6.61 Å². The first-order valence-corrected chi connectivity index (χ1v) is 6.45. The summed E-state index contributed by atoms with van der Waals surface area (Å²) in [6.45, 7) is 8.97. The van der Waals surface area contributed by atoms with E-state index in [2.05, 4.69) is 45.0 Å². The summed E-state index contributed by atoms with van der Waals surface area (Å²) in [4.78, 5) is 2.44. The molecule has 3 heteroatoms. The number of hydrogen-bond acceptors (Lipinski definition) is 3. The summed E-state index contributed by atoms with van der Waals surface area (Å²) in [6, 6.07) is 1.13. The topological polar surface area (TPSA) is 35.5 Å². The Morgan fingerprint density at radius 1 is 1.31 bits per heavy atom. The molecular weight excluding hydrogens is 200 g/mol. The van der Waals surface area contributed by atoms with Crippen molar-refractivity contribution in [3.63, 3.8) is 0 Å². The van der Waals surface area contributed by atoms with Gasteiger partial charge in [0.2, 0.25) is 0 Å². The van der Waals surface area contributed by atoms with E-state index < -0.39 is 0 Å². The molecule has 16 heavy (non-hydrogen) atoms. The average molecular weight is 230 g/mol. The SMILES string of the molecule is CCC(CC)N(C)C(C)CC(C)(CO)NC. The summed E-state index contributed by atoms with van der Waals surface area (Å²) < 4.78 is 0. The number of likely N-dealkylation sites (N-methyl/N-ethyl adjacent to an activating group) is 1. The zero-order valence-corrected chi connectivity index (χ0v) is 11.9. The van der Waals surface area contributed by atoms with Crippen LogP contribution in [0.1, 0.15) is 47.0 Å². The van der Waals surface area contributed by atoms with Crippen molar-refractivity contribution in [2.24, 2.45) is 0 Å². The van der Waals surface area contributed by atoms with Gasteiger partial charge >= 0.3 is 0 Å². The number of aliphatic hydroxyl groups is 1. The van der Waals surface area contributed by atoms with Gasteiger partial charge < -0.3 is 15.3 Å². The molecule has 0 fully saturated rings. The summed E-state index contributed by atoms with van der Waals surface area (Å²) >= 11 is 0. The third-order valence-corrected chi connectivity index (χ3v) is 3.91. The van der Waals surface area contributed by atoms with E-state index >= 15 is 0 Å². The lowest BCUT2D eigenvalue weighted by Gasteiger charge is -2.37. The van der Waals surface area contributed by atoms with Crippen molar-refractivity contribution in [3.05, 3.63) is 0 Å². The molecule has 0 aliphatic heterocycles. The van der Waals surface area contributed by atoms with Crippen molar-refractivity contribution in [2.75, 3.05) is 20.7 Å². The Kier molecular flexibility index (Phi) is 7.20. The molecule has 2 atom stereocenters. The highest BCUT2D eigenvalue weighted by molar-refractivity contribution is 4.86. The molecule has 0 aliphatic carbocycles. The second-order valence-corrected chi connectivity index (χ2v) is 5.16. The minimum absolute atomic E-state index is 0.167. The molecule has 2 N–H and O–H groups in total. The number of nitrogens with zero attached hydrogens (tertiary/aromatic N) is 1. The van der Waals surface area contributed by atoms with Crippen LogP contribution in [0, 0.1) is 0 Å². The number of rotatable bonds is 8. The number of aliphatic hydroxyl groups excluding tert-OH is 1. The van der Waals surface area contributed by atoms with Crippen molar-refractivity contribution in [3.8, 4) is 0 Å². The maximum Gasteiger partial charge on any atom is 0.0611 e. The minimum atomic E-state index is -0.167. The monoisotopic (exact) mass is 230 g/mol. The molecule has 98 valence electrons. The van der Waals surface area contributed by atoms with E-state index in [1.54, 1.807) is 0 Å². The Bertz CT molecular complexity index is 177. The fourth-order valence-electron chi connectivity index (χ4n) is 2.27. The van der Waals surface area contributed by atoms with E-state index in [0.717, 1.165) is 6.42 Å². The van der Waals surface area contributed by atoms with E-state index in [9.17, 15) is 5.11 Å². The van der Waals surface area contributed by atoms with Crippen molar-refractivity contribution < 1.29 is 5.11 Å². The van der Waals surface area contributed by atoms with E-state index in [-0.39, 0.29) is 12.1 Å². The summed E-state index contributed by atoms with van der Waals surface area (Å²) in [5.41, 5.74) is -0.167. The van der Waals surface area contributed by atoms with Crippen LogP contribution in [0.15, 0.2) is 0 Å². The standard InChI is InChI=1S/C13H30N2O/c1-7-12(8-2)15(6)11(3)9-13(4,10-16)14-5/h11-12,14,16H,7-10H2,1-6H3. The van der Waals surface area contributed by atoms with Gasteiger partial charge in [-0.1, -0.05) is 13.8 Å². The van der Waals surface area contributed by atoms with Crippen molar-refractivity contribution in [1.82, 2.24) is 10.2 Å². The molecule has 0 aromatic carbocycles. The maximum absolute atomic E-state index is 9.39. The Morgan fingerprint density at radius 2 is 1.81 bits per heavy atom. The molecule has 0 saturated heterocycles.